The quantitative estimate of drug-likeness (QED) is 0.898. The van der Waals surface area contributed by atoms with Gasteiger partial charge in [0, 0.05) is 24.3 Å². The minimum absolute atomic E-state index is 0.423. The molecule has 2 aromatic rings. The summed E-state index contributed by atoms with van der Waals surface area (Å²) in [6.45, 7) is 1.94. The van der Waals surface area contributed by atoms with Gasteiger partial charge >= 0.3 is 5.97 Å². The zero-order valence-corrected chi connectivity index (χ0v) is 11.3. The molecule has 1 aromatic heterocycles. The van der Waals surface area contributed by atoms with Gasteiger partial charge in [0.1, 0.15) is 5.54 Å². The fraction of sp³-hybridized carbons (Fsp3) is 0.357. The van der Waals surface area contributed by atoms with E-state index in [0.29, 0.717) is 13.0 Å². The van der Waals surface area contributed by atoms with E-state index >= 15 is 0 Å². The summed E-state index contributed by atoms with van der Waals surface area (Å²) in [5, 5.41) is 12.6. The Morgan fingerprint density at radius 3 is 3.00 bits per heavy atom. The van der Waals surface area contributed by atoms with Gasteiger partial charge in [-0.05, 0) is 28.8 Å². The largest absolute Gasteiger partial charge is 0.480 e. The molecule has 0 spiro atoms. The molecule has 19 heavy (non-hydrogen) atoms. The van der Waals surface area contributed by atoms with Crippen molar-refractivity contribution in [2.45, 2.75) is 18.5 Å². The van der Waals surface area contributed by atoms with E-state index in [1.807, 2.05) is 12.1 Å². The number of likely N-dealkylation sites (tertiary alicyclic amines) is 1. The van der Waals surface area contributed by atoms with Crippen LogP contribution in [0.15, 0.2) is 29.6 Å². The number of rotatable bonds is 3. The van der Waals surface area contributed by atoms with Gasteiger partial charge < -0.3 is 10.8 Å². The smallest absolute Gasteiger partial charge is 0.325 e. The summed E-state index contributed by atoms with van der Waals surface area (Å²) in [6, 6.07) is 8.29. The number of carbonyl (C=O) groups is 1. The summed E-state index contributed by atoms with van der Waals surface area (Å²) >= 11 is 1.73. The first-order chi connectivity index (χ1) is 9.08. The van der Waals surface area contributed by atoms with Crippen molar-refractivity contribution < 1.29 is 9.90 Å². The Hall–Kier alpha value is -1.43. The number of nitrogens with two attached hydrogens (primary N) is 1. The zero-order chi connectivity index (χ0) is 13.5. The minimum Gasteiger partial charge on any atom is -0.480 e. The molecule has 5 heteroatoms. The highest BCUT2D eigenvalue weighted by molar-refractivity contribution is 7.17. The van der Waals surface area contributed by atoms with Crippen LogP contribution >= 0.6 is 11.3 Å². The second-order valence-electron chi connectivity index (χ2n) is 5.18. The maximum atomic E-state index is 11.1. The van der Waals surface area contributed by atoms with Gasteiger partial charge in [0.25, 0.3) is 0 Å². The first-order valence-corrected chi connectivity index (χ1v) is 7.16. The Kier molecular flexibility index (Phi) is 3.05. The van der Waals surface area contributed by atoms with E-state index in [9.17, 15) is 4.79 Å². The summed E-state index contributed by atoms with van der Waals surface area (Å²) in [7, 11) is 0. The molecule has 0 bridgehead atoms. The fourth-order valence-corrected chi connectivity index (χ4v) is 3.57. The third-order valence-electron chi connectivity index (χ3n) is 3.76. The van der Waals surface area contributed by atoms with E-state index in [0.717, 1.165) is 13.1 Å². The van der Waals surface area contributed by atoms with Gasteiger partial charge in [0.15, 0.2) is 0 Å². The lowest BCUT2D eigenvalue weighted by Gasteiger charge is -2.19. The highest BCUT2D eigenvalue weighted by Crippen LogP contribution is 2.28. The zero-order valence-electron chi connectivity index (χ0n) is 10.5. The molecule has 0 saturated carbocycles. The number of hydrogen-bond donors (Lipinski definition) is 2. The predicted octanol–water partition coefficient (Wildman–Crippen LogP) is 1.89. The van der Waals surface area contributed by atoms with Crippen molar-refractivity contribution in [1.82, 2.24) is 4.90 Å². The maximum absolute atomic E-state index is 11.1. The number of aliphatic carboxylic acids is 1. The standard InChI is InChI=1S/C14H16N2O2S/c15-14(13(17)18)5-6-16(9-14)7-10-8-19-12-4-2-1-3-11(10)12/h1-4,8H,5-7,9,15H2,(H,17,18). The molecule has 1 aliphatic rings. The fourth-order valence-electron chi connectivity index (χ4n) is 2.62. The number of fused-ring (bicyclic) bond motifs is 1. The predicted molar refractivity (Wildman–Crippen MR) is 76.3 cm³/mol. The monoisotopic (exact) mass is 276 g/mol. The van der Waals surface area contributed by atoms with Gasteiger partial charge in [0.2, 0.25) is 0 Å². The van der Waals surface area contributed by atoms with E-state index < -0.39 is 11.5 Å². The summed E-state index contributed by atoms with van der Waals surface area (Å²) in [4.78, 5) is 13.3. The molecule has 2 heterocycles. The first kappa shape index (κ1) is 12.6. The Morgan fingerprint density at radius 1 is 1.47 bits per heavy atom. The third kappa shape index (κ3) is 2.25. The highest BCUT2D eigenvalue weighted by atomic mass is 32.1. The van der Waals surface area contributed by atoms with E-state index in [2.05, 4.69) is 22.4 Å². The molecule has 4 nitrogen and oxygen atoms in total. The lowest BCUT2D eigenvalue weighted by molar-refractivity contribution is -0.142. The SMILES string of the molecule is NC1(C(=O)O)CCN(Cc2csc3ccccc23)C1. The van der Waals surface area contributed by atoms with Crippen molar-refractivity contribution in [2.75, 3.05) is 13.1 Å². The second-order valence-corrected chi connectivity index (χ2v) is 6.09. The first-order valence-electron chi connectivity index (χ1n) is 6.28. The van der Waals surface area contributed by atoms with Crippen molar-refractivity contribution in [3.8, 4) is 0 Å². The van der Waals surface area contributed by atoms with Crippen LogP contribution < -0.4 is 5.73 Å². The molecule has 1 saturated heterocycles. The van der Waals surface area contributed by atoms with Gasteiger partial charge in [-0.15, -0.1) is 11.3 Å². The molecule has 1 unspecified atom stereocenters. The number of hydrogen-bond acceptors (Lipinski definition) is 4. The Labute approximate surface area is 115 Å². The number of benzene rings is 1. The van der Waals surface area contributed by atoms with Crippen molar-refractivity contribution >= 4 is 27.4 Å². The molecule has 1 atom stereocenters. The molecule has 0 amide bonds. The number of nitrogens with zero attached hydrogens (tertiary/aromatic N) is 1. The van der Waals surface area contributed by atoms with Crippen LogP contribution in [0.2, 0.25) is 0 Å². The minimum atomic E-state index is -1.08. The summed E-state index contributed by atoms with van der Waals surface area (Å²) < 4.78 is 1.27. The molecular formula is C14H16N2O2S. The van der Waals surface area contributed by atoms with Gasteiger partial charge in [0.05, 0.1) is 0 Å². The molecule has 1 aromatic carbocycles. The van der Waals surface area contributed by atoms with Crippen LogP contribution in [0.3, 0.4) is 0 Å². The molecule has 0 radical (unpaired) electrons. The van der Waals surface area contributed by atoms with Crippen molar-refractivity contribution in [2.24, 2.45) is 5.73 Å². The number of carboxylic acid groups (broad SMARTS) is 1. The van der Waals surface area contributed by atoms with Gasteiger partial charge in [-0.25, -0.2) is 0 Å². The highest BCUT2D eigenvalue weighted by Gasteiger charge is 2.41. The van der Waals surface area contributed by atoms with E-state index in [1.54, 1.807) is 11.3 Å². The molecule has 3 N–H and O–H groups in total. The van der Waals surface area contributed by atoms with Gasteiger partial charge in [-0.3, -0.25) is 9.69 Å². The number of carboxylic acids is 1. The third-order valence-corrected chi connectivity index (χ3v) is 4.77. The van der Waals surface area contributed by atoms with Gasteiger partial charge in [-0.2, -0.15) is 0 Å². The molecule has 1 fully saturated rings. The van der Waals surface area contributed by atoms with Crippen LogP contribution in [0.5, 0.6) is 0 Å². The molecular weight excluding hydrogens is 260 g/mol. The maximum Gasteiger partial charge on any atom is 0.325 e. The summed E-state index contributed by atoms with van der Waals surface area (Å²) in [5.41, 5.74) is 6.08. The van der Waals surface area contributed by atoms with Crippen molar-refractivity contribution in [3.05, 3.63) is 35.2 Å². The average molecular weight is 276 g/mol. The Bertz CT molecular complexity index is 625. The topological polar surface area (TPSA) is 66.6 Å². The normalized spacial score (nSPS) is 24.1. The lowest BCUT2D eigenvalue weighted by Crippen LogP contribution is -2.50. The van der Waals surface area contributed by atoms with Crippen molar-refractivity contribution in [3.63, 3.8) is 0 Å². The van der Waals surface area contributed by atoms with E-state index in [4.69, 9.17) is 10.8 Å². The second kappa shape index (κ2) is 4.59. The van der Waals surface area contributed by atoms with Crippen LogP contribution in [0.4, 0.5) is 0 Å². The number of thiophene rings is 1. The van der Waals surface area contributed by atoms with Crippen LogP contribution in [0.25, 0.3) is 10.1 Å². The molecule has 0 aliphatic carbocycles. The van der Waals surface area contributed by atoms with Gasteiger partial charge in [-0.1, -0.05) is 18.2 Å². The van der Waals surface area contributed by atoms with Crippen molar-refractivity contribution in [1.29, 1.82) is 0 Å². The summed E-state index contributed by atoms with van der Waals surface area (Å²) in [6.07, 6.45) is 0.518. The lowest BCUT2D eigenvalue weighted by atomic mass is 10.0. The Morgan fingerprint density at radius 2 is 2.26 bits per heavy atom. The molecule has 100 valence electrons. The molecule has 3 rings (SSSR count). The Balaban J connectivity index is 1.78. The van der Waals surface area contributed by atoms with Crippen LogP contribution in [-0.4, -0.2) is 34.6 Å². The van der Waals surface area contributed by atoms with Crippen LogP contribution in [0, 0.1) is 0 Å². The molecule has 1 aliphatic heterocycles. The van der Waals surface area contributed by atoms with Crippen LogP contribution in [-0.2, 0) is 11.3 Å². The van der Waals surface area contributed by atoms with E-state index in [1.165, 1.54) is 15.6 Å². The average Bonchev–Trinajstić information content (AvgIpc) is 2.96. The summed E-state index contributed by atoms with van der Waals surface area (Å²) in [5.74, 6) is -0.898. The van der Waals surface area contributed by atoms with Crippen LogP contribution in [0.1, 0.15) is 12.0 Å². The van der Waals surface area contributed by atoms with E-state index in [-0.39, 0.29) is 0 Å².